The van der Waals surface area contributed by atoms with E-state index < -0.39 is 0 Å². The number of rotatable bonds is 20. The van der Waals surface area contributed by atoms with Gasteiger partial charge in [0.15, 0.2) is 0 Å². The lowest BCUT2D eigenvalue weighted by Crippen LogP contribution is -2.20. The highest BCUT2D eigenvalue weighted by Crippen LogP contribution is 2.13. The summed E-state index contributed by atoms with van der Waals surface area (Å²) in [6, 6.07) is 0. The lowest BCUT2D eigenvalue weighted by Gasteiger charge is -2.16. The van der Waals surface area contributed by atoms with Crippen molar-refractivity contribution in [2.75, 3.05) is 26.7 Å². The van der Waals surface area contributed by atoms with Crippen LogP contribution in [0.1, 0.15) is 116 Å². The average molecular weight is 342 g/mol. The van der Waals surface area contributed by atoms with Crippen LogP contribution in [-0.2, 0) is 0 Å². The molecule has 0 aromatic carbocycles. The molecule has 2 heteroatoms. The number of unbranched alkanes of at least 4 members (excludes halogenated alkanes) is 15. The predicted octanol–water partition coefficient (Wildman–Crippen LogP) is 6.56. The van der Waals surface area contributed by atoms with Crippen LogP contribution in [0.5, 0.6) is 0 Å². The van der Waals surface area contributed by atoms with E-state index in [2.05, 4.69) is 18.9 Å². The van der Waals surface area contributed by atoms with Crippen molar-refractivity contribution in [3.63, 3.8) is 0 Å². The van der Waals surface area contributed by atoms with Crippen LogP contribution >= 0.6 is 0 Å². The second kappa shape index (κ2) is 21.0. The van der Waals surface area contributed by atoms with Gasteiger partial charge >= 0.3 is 0 Å². The first-order chi connectivity index (χ1) is 11.8. The van der Waals surface area contributed by atoms with Gasteiger partial charge in [-0.1, -0.05) is 90.4 Å². The molecule has 0 bridgehead atoms. The van der Waals surface area contributed by atoms with Gasteiger partial charge in [0.1, 0.15) is 0 Å². The van der Waals surface area contributed by atoms with Crippen molar-refractivity contribution in [2.45, 2.75) is 116 Å². The zero-order chi connectivity index (χ0) is 17.7. The summed E-state index contributed by atoms with van der Waals surface area (Å²) in [4.78, 5) is 2.46. The molecule has 0 amide bonds. The van der Waals surface area contributed by atoms with E-state index in [0.29, 0.717) is 6.61 Å². The minimum absolute atomic E-state index is 0.350. The Morgan fingerprint density at radius 3 is 1.21 bits per heavy atom. The molecule has 0 aromatic heterocycles. The van der Waals surface area contributed by atoms with Crippen LogP contribution < -0.4 is 0 Å². The van der Waals surface area contributed by atoms with Crippen LogP contribution in [0.15, 0.2) is 0 Å². The molecule has 0 heterocycles. The molecule has 146 valence electrons. The second-order valence-electron chi connectivity index (χ2n) is 7.68. The molecule has 0 aliphatic heterocycles. The Balaban J connectivity index is 3.06. The molecule has 0 aliphatic carbocycles. The Bertz CT molecular complexity index is 220. The van der Waals surface area contributed by atoms with Gasteiger partial charge < -0.3 is 10.0 Å². The minimum Gasteiger partial charge on any atom is -0.396 e. The highest BCUT2D eigenvalue weighted by molar-refractivity contribution is 4.54. The summed E-state index contributed by atoms with van der Waals surface area (Å²) >= 11 is 0. The Labute approximate surface area is 153 Å². The largest absolute Gasteiger partial charge is 0.396 e. The van der Waals surface area contributed by atoms with E-state index >= 15 is 0 Å². The molecule has 2 nitrogen and oxygen atoms in total. The van der Waals surface area contributed by atoms with Gasteiger partial charge in [0, 0.05) is 6.61 Å². The van der Waals surface area contributed by atoms with E-state index in [1.165, 1.54) is 116 Å². The summed E-state index contributed by atoms with van der Waals surface area (Å²) in [7, 11) is 2.24. The van der Waals surface area contributed by atoms with Crippen LogP contribution in [0.4, 0.5) is 0 Å². The molecule has 0 atom stereocenters. The van der Waals surface area contributed by atoms with E-state index in [0.717, 1.165) is 6.42 Å². The topological polar surface area (TPSA) is 23.5 Å². The van der Waals surface area contributed by atoms with Crippen molar-refractivity contribution in [2.24, 2.45) is 0 Å². The van der Waals surface area contributed by atoms with Gasteiger partial charge in [0.25, 0.3) is 0 Å². The van der Waals surface area contributed by atoms with Crippen molar-refractivity contribution in [3.8, 4) is 0 Å². The molecule has 0 radical (unpaired) electrons. The molecular formula is C22H47NO. The second-order valence-corrected chi connectivity index (χ2v) is 7.68. The predicted molar refractivity (Wildman–Crippen MR) is 109 cm³/mol. The van der Waals surface area contributed by atoms with Crippen molar-refractivity contribution >= 4 is 0 Å². The molecule has 0 unspecified atom stereocenters. The normalized spacial score (nSPS) is 11.5. The Hall–Kier alpha value is -0.0800. The molecule has 24 heavy (non-hydrogen) atoms. The van der Waals surface area contributed by atoms with Crippen LogP contribution in [0.3, 0.4) is 0 Å². The van der Waals surface area contributed by atoms with Gasteiger partial charge in [-0.25, -0.2) is 0 Å². The zero-order valence-corrected chi connectivity index (χ0v) is 17.0. The number of hydrogen-bond acceptors (Lipinski definition) is 2. The summed E-state index contributed by atoms with van der Waals surface area (Å²) in [6.07, 6.45) is 23.5. The third kappa shape index (κ3) is 20.0. The van der Waals surface area contributed by atoms with Gasteiger partial charge in [-0.2, -0.15) is 0 Å². The van der Waals surface area contributed by atoms with Crippen LogP contribution in [0, 0.1) is 0 Å². The Morgan fingerprint density at radius 2 is 0.833 bits per heavy atom. The molecule has 0 rings (SSSR count). The Kier molecular flexibility index (Phi) is 20.9. The van der Waals surface area contributed by atoms with E-state index in [4.69, 9.17) is 5.11 Å². The van der Waals surface area contributed by atoms with Crippen molar-refractivity contribution < 1.29 is 5.11 Å². The van der Waals surface area contributed by atoms with Crippen molar-refractivity contribution in [1.29, 1.82) is 0 Å². The molecule has 0 saturated carbocycles. The van der Waals surface area contributed by atoms with Gasteiger partial charge in [0.2, 0.25) is 0 Å². The third-order valence-corrected chi connectivity index (χ3v) is 5.09. The van der Waals surface area contributed by atoms with E-state index in [-0.39, 0.29) is 0 Å². The van der Waals surface area contributed by atoms with Crippen LogP contribution in [0.2, 0.25) is 0 Å². The highest BCUT2D eigenvalue weighted by Gasteiger charge is 1.98. The van der Waals surface area contributed by atoms with E-state index in [1.807, 2.05) is 0 Å². The van der Waals surface area contributed by atoms with E-state index in [9.17, 15) is 0 Å². The maximum Gasteiger partial charge on any atom is 0.0431 e. The first kappa shape index (κ1) is 23.9. The van der Waals surface area contributed by atoms with Gasteiger partial charge in [0.05, 0.1) is 0 Å². The van der Waals surface area contributed by atoms with Gasteiger partial charge in [-0.3, -0.25) is 0 Å². The quantitative estimate of drug-likeness (QED) is 0.253. The highest BCUT2D eigenvalue weighted by atomic mass is 16.2. The summed E-state index contributed by atoms with van der Waals surface area (Å²) in [5, 5.41) is 8.76. The zero-order valence-electron chi connectivity index (χ0n) is 17.0. The summed E-state index contributed by atoms with van der Waals surface area (Å²) in [5.41, 5.74) is 0. The number of hydrogen-bond donors (Lipinski definition) is 1. The first-order valence-corrected chi connectivity index (χ1v) is 11.1. The maximum atomic E-state index is 8.76. The molecule has 0 spiro atoms. The number of aliphatic hydroxyl groups excluding tert-OH is 1. The third-order valence-electron chi connectivity index (χ3n) is 5.09. The van der Waals surface area contributed by atoms with Gasteiger partial charge in [-0.15, -0.1) is 0 Å². The fourth-order valence-corrected chi connectivity index (χ4v) is 3.36. The fraction of sp³-hybridized carbons (Fsp3) is 1.00. The lowest BCUT2D eigenvalue weighted by molar-refractivity contribution is 0.271. The average Bonchev–Trinajstić information content (AvgIpc) is 2.59. The van der Waals surface area contributed by atoms with Crippen LogP contribution in [-0.4, -0.2) is 36.8 Å². The molecule has 0 aliphatic rings. The Morgan fingerprint density at radius 1 is 0.500 bits per heavy atom. The van der Waals surface area contributed by atoms with E-state index in [1.54, 1.807) is 0 Å². The summed E-state index contributed by atoms with van der Waals surface area (Å²) in [6.45, 7) is 5.08. The van der Waals surface area contributed by atoms with Gasteiger partial charge in [-0.05, 0) is 45.8 Å². The molecule has 1 N–H and O–H groups in total. The van der Waals surface area contributed by atoms with Crippen molar-refractivity contribution in [1.82, 2.24) is 4.90 Å². The maximum absolute atomic E-state index is 8.76. The minimum atomic E-state index is 0.350. The smallest absolute Gasteiger partial charge is 0.0431 e. The fourth-order valence-electron chi connectivity index (χ4n) is 3.36. The monoisotopic (exact) mass is 341 g/mol. The lowest BCUT2D eigenvalue weighted by atomic mass is 10.0. The molecular weight excluding hydrogens is 294 g/mol. The summed E-state index contributed by atoms with van der Waals surface area (Å²) < 4.78 is 0. The van der Waals surface area contributed by atoms with Crippen LogP contribution in [0.25, 0.3) is 0 Å². The first-order valence-electron chi connectivity index (χ1n) is 11.1. The molecule has 0 saturated heterocycles. The number of nitrogens with zero attached hydrogens (tertiary/aromatic N) is 1. The SMILES string of the molecule is CCCCCCCCCCCCCCCCN(C)CCCCCO. The standard InChI is InChI=1S/C22H47NO/c1-3-4-5-6-7-8-9-10-11-12-13-14-15-17-20-23(2)21-18-16-19-22-24/h24H,3-22H2,1-2H3. The van der Waals surface area contributed by atoms with Crippen molar-refractivity contribution in [3.05, 3.63) is 0 Å². The summed E-state index contributed by atoms with van der Waals surface area (Å²) in [5.74, 6) is 0. The molecule has 0 aromatic rings. The molecule has 0 fully saturated rings. The number of aliphatic hydroxyl groups is 1.